The first-order chi connectivity index (χ1) is 7.72. The van der Waals surface area contributed by atoms with Crippen LogP contribution in [0.1, 0.15) is 49.1 Å². The average Bonchev–Trinajstić information content (AvgIpc) is 2.77. The third-order valence-electron chi connectivity index (χ3n) is 4.73. The summed E-state index contributed by atoms with van der Waals surface area (Å²) in [5, 5.41) is 0. The summed E-state index contributed by atoms with van der Waals surface area (Å²) >= 11 is 0. The fourth-order valence-corrected chi connectivity index (χ4v) is 3.59. The van der Waals surface area contributed by atoms with E-state index in [2.05, 4.69) is 31.2 Å². The van der Waals surface area contributed by atoms with E-state index < -0.39 is 0 Å². The summed E-state index contributed by atoms with van der Waals surface area (Å²) < 4.78 is 0. The molecule has 1 nitrogen and oxygen atoms in total. The first kappa shape index (κ1) is 10.3. The number of hydrogen-bond donors (Lipinski definition) is 1. The Bertz CT molecular complexity index is 392. The lowest BCUT2D eigenvalue weighted by molar-refractivity contribution is 0.404. The number of nitrogens with two attached hydrogens (primary N) is 1. The highest BCUT2D eigenvalue weighted by Gasteiger charge is 2.56. The van der Waals surface area contributed by atoms with Gasteiger partial charge in [-0.1, -0.05) is 37.1 Å². The fourth-order valence-electron chi connectivity index (χ4n) is 3.59. The van der Waals surface area contributed by atoms with Gasteiger partial charge in [-0.15, -0.1) is 0 Å². The molecule has 2 aliphatic rings. The van der Waals surface area contributed by atoms with Gasteiger partial charge in [-0.2, -0.15) is 0 Å². The predicted octanol–water partition coefficient (Wildman–Crippen LogP) is 3.37. The van der Waals surface area contributed by atoms with Gasteiger partial charge in [-0.3, -0.25) is 0 Å². The Hall–Kier alpha value is -0.820. The maximum atomic E-state index is 6.60. The smallest absolute Gasteiger partial charge is 0.0259 e. The maximum absolute atomic E-state index is 6.60. The Morgan fingerprint density at radius 1 is 1.19 bits per heavy atom. The number of aryl methyl sites for hydroxylation is 1. The molecule has 0 aromatic heterocycles. The van der Waals surface area contributed by atoms with Crippen LogP contribution in [0, 0.1) is 12.8 Å². The van der Waals surface area contributed by atoms with Crippen LogP contribution in [-0.2, 0) is 0 Å². The second-order valence-electron chi connectivity index (χ2n) is 5.71. The normalized spacial score (nSPS) is 34.2. The van der Waals surface area contributed by atoms with Gasteiger partial charge in [0, 0.05) is 11.5 Å². The number of benzene rings is 1. The van der Waals surface area contributed by atoms with Crippen molar-refractivity contribution in [3.8, 4) is 0 Å². The van der Waals surface area contributed by atoms with Crippen molar-refractivity contribution in [2.75, 3.05) is 0 Å². The fraction of sp³-hybridized carbons (Fsp3) is 0.600. The molecule has 0 heterocycles. The molecule has 0 spiro atoms. The second-order valence-corrected chi connectivity index (χ2v) is 5.71. The van der Waals surface area contributed by atoms with E-state index in [-0.39, 0.29) is 5.54 Å². The summed E-state index contributed by atoms with van der Waals surface area (Å²) in [7, 11) is 0. The summed E-state index contributed by atoms with van der Waals surface area (Å²) in [4.78, 5) is 0. The lowest BCUT2D eigenvalue weighted by Gasteiger charge is -2.20. The molecule has 16 heavy (non-hydrogen) atoms. The molecule has 0 saturated heterocycles. The zero-order chi connectivity index (χ0) is 11.2. The van der Waals surface area contributed by atoms with E-state index >= 15 is 0 Å². The Morgan fingerprint density at radius 3 is 2.56 bits per heavy atom. The predicted molar refractivity (Wildman–Crippen MR) is 67.4 cm³/mol. The van der Waals surface area contributed by atoms with E-state index in [1.807, 2.05) is 0 Å². The van der Waals surface area contributed by atoms with Crippen LogP contribution >= 0.6 is 0 Å². The summed E-state index contributed by atoms with van der Waals surface area (Å²) in [6.45, 7) is 2.21. The van der Waals surface area contributed by atoms with Gasteiger partial charge in [0.1, 0.15) is 0 Å². The van der Waals surface area contributed by atoms with Gasteiger partial charge in [0.15, 0.2) is 0 Å². The lowest BCUT2D eigenvalue weighted by atomic mass is 9.91. The van der Waals surface area contributed by atoms with Crippen molar-refractivity contribution < 1.29 is 0 Å². The van der Waals surface area contributed by atoms with Gasteiger partial charge in [-0.05, 0) is 43.2 Å². The van der Waals surface area contributed by atoms with E-state index in [1.54, 1.807) is 0 Å². The minimum atomic E-state index is 0.141. The molecule has 3 rings (SSSR count). The molecule has 2 atom stereocenters. The van der Waals surface area contributed by atoms with Crippen molar-refractivity contribution in [1.29, 1.82) is 0 Å². The van der Waals surface area contributed by atoms with Crippen LogP contribution in [0.3, 0.4) is 0 Å². The highest BCUT2D eigenvalue weighted by molar-refractivity contribution is 5.39. The highest BCUT2D eigenvalue weighted by Crippen LogP contribution is 2.58. The number of hydrogen-bond acceptors (Lipinski definition) is 1. The van der Waals surface area contributed by atoms with Crippen molar-refractivity contribution in [3.63, 3.8) is 0 Å². The van der Waals surface area contributed by atoms with Crippen LogP contribution in [0.15, 0.2) is 24.3 Å². The standard InChI is InChI=1S/C15H21N/c1-11-6-2-5-9-13(11)14-10-15(14,16)12-7-3-4-8-12/h2,5-6,9,12,14H,3-4,7-8,10,16H2,1H3. The largest absolute Gasteiger partial charge is 0.324 e. The van der Waals surface area contributed by atoms with Gasteiger partial charge < -0.3 is 5.73 Å². The zero-order valence-electron chi connectivity index (χ0n) is 10.1. The molecule has 2 unspecified atom stereocenters. The topological polar surface area (TPSA) is 26.0 Å². The van der Waals surface area contributed by atoms with Gasteiger partial charge in [0.25, 0.3) is 0 Å². The summed E-state index contributed by atoms with van der Waals surface area (Å²) in [5.74, 6) is 1.42. The van der Waals surface area contributed by atoms with E-state index in [9.17, 15) is 0 Å². The van der Waals surface area contributed by atoms with Gasteiger partial charge >= 0.3 is 0 Å². The van der Waals surface area contributed by atoms with Crippen LogP contribution in [-0.4, -0.2) is 5.54 Å². The van der Waals surface area contributed by atoms with Crippen molar-refractivity contribution in [1.82, 2.24) is 0 Å². The third kappa shape index (κ3) is 1.49. The molecular weight excluding hydrogens is 194 g/mol. The van der Waals surface area contributed by atoms with E-state index in [4.69, 9.17) is 5.73 Å². The van der Waals surface area contributed by atoms with Crippen molar-refractivity contribution in [2.45, 2.75) is 50.5 Å². The monoisotopic (exact) mass is 215 g/mol. The minimum Gasteiger partial charge on any atom is -0.324 e. The van der Waals surface area contributed by atoms with E-state index in [0.29, 0.717) is 5.92 Å². The number of rotatable bonds is 2. The molecule has 0 amide bonds. The molecule has 2 aliphatic carbocycles. The van der Waals surface area contributed by atoms with Crippen molar-refractivity contribution in [2.24, 2.45) is 11.7 Å². The third-order valence-corrected chi connectivity index (χ3v) is 4.73. The van der Waals surface area contributed by atoms with Crippen molar-refractivity contribution in [3.05, 3.63) is 35.4 Å². The Morgan fingerprint density at radius 2 is 1.88 bits per heavy atom. The lowest BCUT2D eigenvalue weighted by Crippen LogP contribution is -2.32. The molecule has 2 saturated carbocycles. The molecule has 2 fully saturated rings. The quantitative estimate of drug-likeness (QED) is 0.804. The molecule has 2 N–H and O–H groups in total. The molecule has 0 bridgehead atoms. The minimum absolute atomic E-state index is 0.141. The molecule has 1 aromatic rings. The average molecular weight is 215 g/mol. The molecular formula is C15H21N. The maximum Gasteiger partial charge on any atom is 0.0259 e. The molecule has 1 heteroatoms. The first-order valence-corrected chi connectivity index (χ1v) is 6.56. The van der Waals surface area contributed by atoms with Crippen LogP contribution in [0.25, 0.3) is 0 Å². The van der Waals surface area contributed by atoms with Crippen LogP contribution in [0.2, 0.25) is 0 Å². The second kappa shape index (κ2) is 3.59. The van der Waals surface area contributed by atoms with E-state index in [0.717, 1.165) is 5.92 Å². The Balaban J connectivity index is 1.82. The van der Waals surface area contributed by atoms with E-state index in [1.165, 1.54) is 43.2 Å². The van der Waals surface area contributed by atoms with Crippen LogP contribution < -0.4 is 5.73 Å². The Labute approximate surface area is 98.0 Å². The first-order valence-electron chi connectivity index (χ1n) is 6.56. The summed E-state index contributed by atoms with van der Waals surface area (Å²) in [6, 6.07) is 8.75. The molecule has 1 aromatic carbocycles. The van der Waals surface area contributed by atoms with Gasteiger partial charge in [0.05, 0.1) is 0 Å². The Kier molecular flexibility index (Phi) is 2.32. The highest BCUT2D eigenvalue weighted by atomic mass is 14.9. The van der Waals surface area contributed by atoms with Crippen molar-refractivity contribution >= 4 is 0 Å². The van der Waals surface area contributed by atoms with Crippen LogP contribution in [0.5, 0.6) is 0 Å². The van der Waals surface area contributed by atoms with Gasteiger partial charge in [-0.25, -0.2) is 0 Å². The summed E-state index contributed by atoms with van der Waals surface area (Å²) in [5.41, 5.74) is 9.65. The molecule has 0 aliphatic heterocycles. The SMILES string of the molecule is Cc1ccccc1C1CC1(N)C1CCCC1. The van der Waals surface area contributed by atoms with Gasteiger partial charge in [0.2, 0.25) is 0 Å². The molecule has 0 radical (unpaired) electrons. The molecule has 86 valence electrons. The zero-order valence-corrected chi connectivity index (χ0v) is 10.1. The van der Waals surface area contributed by atoms with Crippen LogP contribution in [0.4, 0.5) is 0 Å². The summed E-state index contributed by atoms with van der Waals surface area (Å²) in [6.07, 6.45) is 6.72.